The number of carboxylic acid groups (broad SMARTS) is 8. The van der Waals surface area contributed by atoms with Crippen molar-refractivity contribution in [1.29, 1.82) is 0 Å². The van der Waals surface area contributed by atoms with E-state index in [4.69, 9.17) is 60.0 Å². The van der Waals surface area contributed by atoms with E-state index in [0.29, 0.717) is 0 Å². The first-order chi connectivity index (χ1) is 6.93. The highest BCUT2D eigenvalue weighted by Crippen LogP contribution is 1.44. The van der Waals surface area contributed by atoms with E-state index in [1.165, 1.54) is 0 Å². The van der Waals surface area contributed by atoms with Crippen molar-refractivity contribution in [2.24, 2.45) is 0 Å². The molecule has 233 N–H and O–H groups in total. The average Bonchev–Trinajstić information content (AvgIpc) is 1.76. The highest BCUT2D eigenvalue weighted by molar-refractivity contribution is 5.54. The topological polar surface area (TPSA) is 2860 Å². The van der Waals surface area contributed by atoms with Crippen LogP contribution < -0.4 is 461 Å². The molecule has 87 nitrogen and oxygen atoms in total. The molecule has 696 valence electrons. The van der Waals surface area contributed by atoms with Gasteiger partial charge in [0.25, 0.3) is 0 Å². The van der Waals surface area contributed by atoms with Crippen molar-refractivity contribution in [3.63, 3.8) is 0 Å². The summed E-state index contributed by atoms with van der Waals surface area (Å²) in [4.78, 5) is 34.2. The lowest BCUT2D eigenvalue weighted by molar-refractivity contribution is 0.135. The third-order valence-electron chi connectivity index (χ3n) is 0. The van der Waals surface area contributed by atoms with Crippen LogP contribution in [0.15, 0.2) is 0 Å². The second kappa shape index (κ2) is 15700. The molecule has 0 aromatic heterocycles. The van der Waals surface area contributed by atoms with E-state index in [9.17, 15) is 0 Å². The molecule has 0 aliphatic heterocycles. The molecular formula is C4H233N75O12. The highest BCUT2D eigenvalue weighted by Gasteiger charge is 1.71. The molecule has 0 aromatic carbocycles. The summed E-state index contributed by atoms with van der Waals surface area (Å²) in [6.45, 7) is 0. The van der Waals surface area contributed by atoms with Gasteiger partial charge in [0.2, 0.25) is 0 Å². The first kappa shape index (κ1) is 16300. The summed E-state index contributed by atoms with van der Waals surface area (Å²) in [6, 6.07) is 0. The lowest BCUT2D eigenvalue weighted by Gasteiger charge is -1.60. The van der Waals surface area contributed by atoms with Gasteiger partial charge >= 0.3 is 24.6 Å². The quantitative estimate of drug-likeness (QED) is 0.107. The van der Waals surface area contributed by atoms with Crippen LogP contribution in [0.25, 0.3) is 0 Å². The van der Waals surface area contributed by atoms with E-state index < -0.39 is 24.6 Å². The van der Waals surface area contributed by atoms with Crippen LogP contribution >= 0.6 is 0 Å². The van der Waals surface area contributed by atoms with Gasteiger partial charge in [-0.15, -0.1) is 0 Å². The molecule has 0 heterocycles. The summed E-state index contributed by atoms with van der Waals surface area (Å²) in [5, 5.41) is 55.8. The molecule has 0 rings (SSSR count). The number of carbonyl (C=O) groups is 4. The fourth-order valence-electron chi connectivity index (χ4n) is 0. The molecule has 91 heavy (non-hydrogen) atoms. The molecule has 0 fully saturated rings. The molecule has 87 heteroatoms. The molecule has 0 aliphatic carbocycles. The Balaban J connectivity index is -0.000000000215. The Kier molecular flexibility index (Phi) is 2810000. The van der Waals surface area contributed by atoms with Crippen molar-refractivity contribution in [2.75, 3.05) is 0 Å². The van der Waals surface area contributed by atoms with Crippen molar-refractivity contribution in [3.05, 3.63) is 0 Å². The van der Waals surface area contributed by atoms with Crippen LogP contribution in [0.2, 0.25) is 0 Å². The summed E-state index contributed by atoms with van der Waals surface area (Å²) in [5.41, 5.74) is 0. The zero-order chi connectivity index (χ0) is 14.3. The summed E-state index contributed by atoms with van der Waals surface area (Å²) in [7, 11) is 0. The van der Waals surface area contributed by atoms with Gasteiger partial charge in [0.15, 0.2) is 0 Å². The van der Waals surface area contributed by atoms with Crippen molar-refractivity contribution in [1.82, 2.24) is 461 Å². The van der Waals surface area contributed by atoms with Crippen LogP contribution in [0.3, 0.4) is 0 Å². The normalized spacial score (nSPS) is 1.05. The van der Waals surface area contributed by atoms with Crippen LogP contribution in [-0.2, 0) is 0 Å². The molecule has 0 amide bonds. The fourth-order valence-corrected chi connectivity index (χ4v) is 0. The standard InChI is InChI=1S/4CH2O3.75H3N/c4*2-1(3)4;;;;;;;;;;;;;;;;;;;;;;;;;;;;;;;;;;;;;;;;;;;;;;;;;;;;;;;;;;;;;;;;;;;;;;;;;;;/h4*(H2,2,3,4);75*1H3. The zero-order valence-corrected chi connectivity index (χ0v) is 60.2. The lowest BCUT2D eigenvalue weighted by atomic mass is 11.5. The Bertz CT molecular complexity index is 214. The fraction of sp³-hybridized carbons (Fsp3) is 0. The van der Waals surface area contributed by atoms with Crippen LogP contribution in [0.4, 0.5) is 19.2 Å². The number of rotatable bonds is 0. The Morgan fingerprint density at radius 3 is 0.0769 bits per heavy atom. The first-order valence-corrected chi connectivity index (χ1v) is 2.61. The largest absolute Gasteiger partial charge is 0.503 e. The number of hydrogen-bond donors (Lipinski definition) is 83. The van der Waals surface area contributed by atoms with E-state index in [0.717, 1.165) is 0 Å². The zero-order valence-electron chi connectivity index (χ0n) is 60.2. The minimum Gasteiger partial charge on any atom is -0.450 e. The second-order valence-electron chi connectivity index (χ2n) is 1.13. The summed E-state index contributed by atoms with van der Waals surface area (Å²) in [6.07, 6.45) is -7.33. The maximum atomic E-state index is 8.56. The smallest absolute Gasteiger partial charge is 0.450 e. The minimum atomic E-state index is -1.83. The summed E-state index contributed by atoms with van der Waals surface area (Å²) >= 11 is 0. The Hall–Kier alpha value is -5.92. The molecule has 0 saturated carbocycles. The van der Waals surface area contributed by atoms with E-state index in [2.05, 4.69) is 0 Å². The maximum absolute atomic E-state index is 8.56. The molecule has 0 atom stereocenters. The first-order valence-electron chi connectivity index (χ1n) is 2.61. The third kappa shape index (κ3) is 16200. The summed E-state index contributed by atoms with van der Waals surface area (Å²) in [5.74, 6) is 0. The maximum Gasteiger partial charge on any atom is 0.503 e. The van der Waals surface area contributed by atoms with Gasteiger partial charge in [-0.05, 0) is 0 Å². The molecule has 0 spiro atoms. The Morgan fingerprint density at radius 2 is 0.0769 bits per heavy atom. The Morgan fingerprint density at radius 1 is 0.0769 bits per heavy atom. The van der Waals surface area contributed by atoms with Crippen LogP contribution in [0, 0.1) is 0 Å². The van der Waals surface area contributed by atoms with E-state index in [1.807, 2.05) is 0 Å². The molecule has 0 radical (unpaired) electrons. The van der Waals surface area contributed by atoms with E-state index in [-0.39, 0.29) is 461 Å². The van der Waals surface area contributed by atoms with Gasteiger partial charge in [-0.3, -0.25) is 0 Å². The summed E-state index contributed by atoms with van der Waals surface area (Å²) < 4.78 is 0. The van der Waals surface area contributed by atoms with Gasteiger partial charge < -0.3 is 502 Å². The average molecular weight is 1530 g/mol. The second-order valence-corrected chi connectivity index (χ2v) is 1.13. The van der Waals surface area contributed by atoms with Gasteiger partial charge in [0.1, 0.15) is 0 Å². The molecule has 0 aliphatic rings. The van der Waals surface area contributed by atoms with Crippen molar-refractivity contribution in [3.8, 4) is 0 Å². The molecule has 0 unspecified atom stereocenters. The van der Waals surface area contributed by atoms with Crippen molar-refractivity contribution < 1.29 is 60.0 Å². The predicted octanol–water partition coefficient (Wildman–Crippen LogP) is 13.0. The number of hydrogen-bond acceptors (Lipinski definition) is 79. The predicted molar refractivity (Wildman–Crippen MR) is 419 cm³/mol. The monoisotopic (exact) mass is 1520 g/mol. The molecular weight excluding hydrogens is 1290 g/mol. The van der Waals surface area contributed by atoms with Crippen LogP contribution in [-0.4, -0.2) is 65.5 Å². The van der Waals surface area contributed by atoms with Crippen molar-refractivity contribution >= 4 is 24.6 Å². The van der Waals surface area contributed by atoms with Crippen LogP contribution in [0.5, 0.6) is 0 Å². The van der Waals surface area contributed by atoms with Crippen molar-refractivity contribution in [2.45, 2.75) is 0 Å². The van der Waals surface area contributed by atoms with Gasteiger partial charge in [-0.25, -0.2) is 19.2 Å². The Labute approximate surface area is 546 Å². The van der Waals surface area contributed by atoms with Crippen LogP contribution in [0.1, 0.15) is 0 Å². The van der Waals surface area contributed by atoms with E-state index in [1.54, 1.807) is 0 Å². The minimum absolute atomic E-state index is 0. The van der Waals surface area contributed by atoms with Gasteiger partial charge in [-0.2, -0.15) is 0 Å². The lowest BCUT2D eigenvalue weighted by Crippen LogP contribution is -1.81. The van der Waals surface area contributed by atoms with Gasteiger partial charge in [0, 0.05) is 0 Å². The molecule has 0 bridgehead atoms. The van der Waals surface area contributed by atoms with Gasteiger partial charge in [-0.1, -0.05) is 0 Å². The molecule has 0 saturated heterocycles. The third-order valence-corrected chi connectivity index (χ3v) is 0. The SMILES string of the molecule is N.N.N.N.N.N.N.N.N.N.N.N.N.N.N.N.N.N.N.N.N.N.N.N.N.N.N.N.N.N.N.N.N.N.N.N.N.N.N.N.N.N.N.N.N.N.N.N.N.N.N.N.N.N.N.N.N.N.N.N.N.N.N.N.N.N.N.N.N.N.N.N.N.N.N.O=C(O)O.O=C(O)O.O=C(O)O.O=C(O)O. The molecule has 0 aromatic rings. The van der Waals surface area contributed by atoms with Gasteiger partial charge in [0.05, 0.1) is 0 Å². The van der Waals surface area contributed by atoms with E-state index >= 15 is 0 Å². The highest BCUT2D eigenvalue weighted by atomic mass is 16.6.